The third-order valence-corrected chi connectivity index (χ3v) is 3.67. The zero-order chi connectivity index (χ0) is 15.0. The van der Waals surface area contributed by atoms with Gasteiger partial charge in [0.2, 0.25) is 0 Å². The summed E-state index contributed by atoms with van der Waals surface area (Å²) in [6.07, 6.45) is 7.56. The number of allylic oxidation sites excluding steroid dienone is 3. The summed E-state index contributed by atoms with van der Waals surface area (Å²) in [7, 11) is 0. The van der Waals surface area contributed by atoms with E-state index < -0.39 is 0 Å². The molecular weight excluding hydrogens is 230 g/mol. The molecule has 0 aromatic heterocycles. The minimum absolute atomic E-state index is 0.571. The lowest BCUT2D eigenvalue weighted by atomic mass is 9.89. The Morgan fingerprint density at radius 2 is 1.63 bits per heavy atom. The van der Waals surface area contributed by atoms with Gasteiger partial charge in [-0.1, -0.05) is 65.3 Å². The van der Waals surface area contributed by atoms with Gasteiger partial charge in [-0.15, -0.1) is 0 Å². The average Bonchev–Trinajstić information content (AvgIpc) is 2.33. The monoisotopic (exact) mass is 263 g/mol. The van der Waals surface area contributed by atoms with Gasteiger partial charge in [0.15, 0.2) is 0 Å². The van der Waals surface area contributed by atoms with Gasteiger partial charge in [-0.05, 0) is 43.1 Å². The van der Waals surface area contributed by atoms with E-state index in [-0.39, 0.29) is 0 Å². The van der Waals surface area contributed by atoms with Gasteiger partial charge in [0.25, 0.3) is 0 Å². The van der Waals surface area contributed by atoms with Crippen molar-refractivity contribution in [2.24, 2.45) is 23.5 Å². The average molecular weight is 263 g/mol. The standard InChI is InChI=1S/C18H33N/c1-8-17(18(19)12-10-14(4)5)16(7)15(6)11-9-13(2)3/h8,12-15H,1,9-11,19H2,2-7H3/b17-16+,18-12+. The van der Waals surface area contributed by atoms with Crippen LogP contribution in [0.3, 0.4) is 0 Å². The molecule has 0 radical (unpaired) electrons. The second-order valence-electron chi connectivity index (χ2n) is 6.46. The van der Waals surface area contributed by atoms with Crippen LogP contribution in [0.5, 0.6) is 0 Å². The van der Waals surface area contributed by atoms with Crippen molar-refractivity contribution in [1.29, 1.82) is 0 Å². The zero-order valence-corrected chi connectivity index (χ0v) is 13.8. The molecule has 0 aliphatic rings. The largest absolute Gasteiger partial charge is 0.399 e. The third kappa shape index (κ3) is 7.25. The molecular formula is C18H33N. The number of rotatable bonds is 8. The topological polar surface area (TPSA) is 26.0 Å². The highest BCUT2D eigenvalue weighted by Gasteiger charge is 2.11. The summed E-state index contributed by atoms with van der Waals surface area (Å²) in [5, 5.41) is 0. The second-order valence-corrected chi connectivity index (χ2v) is 6.46. The number of hydrogen-bond donors (Lipinski definition) is 1. The molecule has 0 saturated heterocycles. The summed E-state index contributed by atoms with van der Waals surface area (Å²) < 4.78 is 0. The second kappa shape index (κ2) is 9.01. The minimum Gasteiger partial charge on any atom is -0.399 e. The zero-order valence-electron chi connectivity index (χ0n) is 13.8. The molecule has 0 aliphatic carbocycles. The highest BCUT2D eigenvalue weighted by molar-refractivity contribution is 5.41. The van der Waals surface area contributed by atoms with E-state index >= 15 is 0 Å². The van der Waals surface area contributed by atoms with Crippen LogP contribution in [0, 0.1) is 17.8 Å². The van der Waals surface area contributed by atoms with Crippen molar-refractivity contribution in [3.8, 4) is 0 Å². The number of nitrogens with two attached hydrogens (primary N) is 1. The normalized spacial score (nSPS) is 15.7. The molecule has 2 N–H and O–H groups in total. The SMILES string of the molecule is C=CC(/C(N)=C\CC(C)C)=C(/C)C(C)CCC(C)C. The fourth-order valence-corrected chi connectivity index (χ4v) is 2.04. The van der Waals surface area contributed by atoms with Crippen molar-refractivity contribution in [2.75, 3.05) is 0 Å². The summed E-state index contributed by atoms with van der Waals surface area (Å²) in [4.78, 5) is 0. The molecule has 19 heavy (non-hydrogen) atoms. The van der Waals surface area contributed by atoms with Crippen molar-refractivity contribution < 1.29 is 0 Å². The van der Waals surface area contributed by atoms with Gasteiger partial charge in [-0.25, -0.2) is 0 Å². The van der Waals surface area contributed by atoms with Crippen molar-refractivity contribution in [2.45, 2.75) is 60.8 Å². The predicted molar refractivity (Wildman–Crippen MR) is 87.9 cm³/mol. The van der Waals surface area contributed by atoms with Crippen LogP contribution in [0.15, 0.2) is 35.6 Å². The predicted octanol–water partition coefficient (Wildman–Crippen LogP) is 5.45. The van der Waals surface area contributed by atoms with E-state index in [1.54, 1.807) is 0 Å². The summed E-state index contributed by atoms with van der Waals surface area (Å²) in [5.74, 6) is 1.97. The molecule has 110 valence electrons. The van der Waals surface area contributed by atoms with E-state index in [1.165, 1.54) is 18.4 Å². The summed E-state index contributed by atoms with van der Waals surface area (Å²) in [5.41, 5.74) is 9.59. The molecule has 0 bridgehead atoms. The number of hydrogen-bond acceptors (Lipinski definition) is 1. The molecule has 1 heteroatoms. The van der Waals surface area contributed by atoms with Crippen molar-refractivity contribution in [1.82, 2.24) is 0 Å². The van der Waals surface area contributed by atoms with Gasteiger partial charge in [0.05, 0.1) is 0 Å². The van der Waals surface area contributed by atoms with Crippen LogP contribution in [0.1, 0.15) is 60.8 Å². The van der Waals surface area contributed by atoms with Gasteiger partial charge < -0.3 is 5.73 Å². The molecule has 0 fully saturated rings. The van der Waals surface area contributed by atoms with Crippen molar-refractivity contribution >= 4 is 0 Å². The first-order valence-corrected chi connectivity index (χ1v) is 7.58. The summed E-state index contributed by atoms with van der Waals surface area (Å²) in [6, 6.07) is 0. The molecule has 0 spiro atoms. The van der Waals surface area contributed by atoms with Crippen LogP contribution in [-0.2, 0) is 0 Å². The van der Waals surface area contributed by atoms with Crippen molar-refractivity contribution in [3.05, 3.63) is 35.6 Å². The fourth-order valence-electron chi connectivity index (χ4n) is 2.04. The van der Waals surface area contributed by atoms with E-state index in [4.69, 9.17) is 5.73 Å². The quantitative estimate of drug-likeness (QED) is 0.579. The fraction of sp³-hybridized carbons (Fsp3) is 0.667. The van der Waals surface area contributed by atoms with Crippen LogP contribution in [-0.4, -0.2) is 0 Å². The van der Waals surface area contributed by atoms with Gasteiger partial charge in [-0.3, -0.25) is 0 Å². The lowest BCUT2D eigenvalue weighted by molar-refractivity contribution is 0.488. The summed E-state index contributed by atoms with van der Waals surface area (Å²) in [6.45, 7) is 17.4. The Morgan fingerprint density at radius 3 is 2.05 bits per heavy atom. The maximum Gasteiger partial charge on any atom is 0.0346 e. The van der Waals surface area contributed by atoms with E-state index in [2.05, 4.69) is 54.2 Å². The minimum atomic E-state index is 0.571. The van der Waals surface area contributed by atoms with E-state index in [1.807, 2.05) is 6.08 Å². The van der Waals surface area contributed by atoms with Crippen LogP contribution in [0.2, 0.25) is 0 Å². The maximum absolute atomic E-state index is 6.20. The van der Waals surface area contributed by atoms with Gasteiger partial charge in [0.1, 0.15) is 0 Å². The molecule has 0 aliphatic heterocycles. The lowest BCUT2D eigenvalue weighted by Crippen LogP contribution is -2.07. The smallest absolute Gasteiger partial charge is 0.0346 e. The van der Waals surface area contributed by atoms with Crippen LogP contribution in [0.25, 0.3) is 0 Å². The van der Waals surface area contributed by atoms with Gasteiger partial charge in [-0.2, -0.15) is 0 Å². The molecule has 1 nitrogen and oxygen atoms in total. The molecule has 0 heterocycles. The van der Waals surface area contributed by atoms with E-state index in [0.29, 0.717) is 11.8 Å². The molecule has 0 saturated carbocycles. The van der Waals surface area contributed by atoms with Gasteiger partial charge in [0, 0.05) is 5.70 Å². The van der Waals surface area contributed by atoms with Crippen LogP contribution in [0.4, 0.5) is 0 Å². The summed E-state index contributed by atoms with van der Waals surface area (Å²) >= 11 is 0. The highest BCUT2D eigenvalue weighted by atomic mass is 14.6. The first kappa shape index (κ1) is 18.0. The third-order valence-electron chi connectivity index (χ3n) is 3.67. The van der Waals surface area contributed by atoms with Gasteiger partial charge >= 0.3 is 0 Å². The van der Waals surface area contributed by atoms with Crippen LogP contribution < -0.4 is 5.73 Å². The maximum atomic E-state index is 6.20. The first-order valence-electron chi connectivity index (χ1n) is 7.58. The highest BCUT2D eigenvalue weighted by Crippen LogP contribution is 2.25. The lowest BCUT2D eigenvalue weighted by Gasteiger charge is -2.18. The Hall–Kier alpha value is -0.980. The Morgan fingerprint density at radius 1 is 1.05 bits per heavy atom. The van der Waals surface area contributed by atoms with Crippen LogP contribution >= 0.6 is 0 Å². The molecule has 1 atom stereocenters. The molecule has 0 aromatic rings. The molecule has 1 unspecified atom stereocenters. The Balaban J connectivity index is 4.91. The van der Waals surface area contributed by atoms with E-state index in [9.17, 15) is 0 Å². The molecule has 0 aromatic carbocycles. The van der Waals surface area contributed by atoms with E-state index in [0.717, 1.165) is 23.6 Å². The first-order chi connectivity index (χ1) is 8.79. The Kier molecular flexibility index (Phi) is 8.54. The Bertz CT molecular complexity index is 332. The van der Waals surface area contributed by atoms with Crippen molar-refractivity contribution in [3.63, 3.8) is 0 Å². The molecule has 0 amide bonds. The Labute approximate surface area is 120 Å². The molecule has 0 rings (SSSR count).